The molecule has 2 aliphatic rings. The molecule has 2 aliphatic heterocycles. The third-order valence-corrected chi connectivity index (χ3v) is 13.9. The Hall–Kier alpha value is -3.35. The van der Waals surface area contributed by atoms with E-state index >= 15 is 0 Å². The molecule has 73 heavy (non-hydrogen) atoms. The smallest absolute Gasteiger partial charge is 1.00 e. The number of hydrogen-bond donors (Lipinski definition) is 9. The van der Waals surface area contributed by atoms with Crippen molar-refractivity contribution in [2.24, 2.45) is 0 Å². The van der Waals surface area contributed by atoms with Gasteiger partial charge in [0.05, 0.1) is 30.7 Å². The molecule has 18 nitrogen and oxygen atoms in total. The molecular formula is C53H82MgN2O16S. The van der Waals surface area contributed by atoms with Crippen LogP contribution < -0.4 is 0 Å². The Bertz CT molecular complexity index is 2050. The van der Waals surface area contributed by atoms with E-state index in [1.54, 1.807) is 36.5 Å². The van der Waals surface area contributed by atoms with Gasteiger partial charge in [0.2, 0.25) is 0 Å². The number of rotatable bonds is 31. The third-order valence-electron chi connectivity index (χ3n) is 13.0. The van der Waals surface area contributed by atoms with Crippen LogP contribution in [-0.2, 0) is 47.9 Å². The molecule has 0 radical (unpaired) electrons. The van der Waals surface area contributed by atoms with Crippen LogP contribution in [0.5, 0.6) is 0 Å². The van der Waals surface area contributed by atoms with Crippen LogP contribution >= 0.6 is 11.3 Å². The van der Waals surface area contributed by atoms with Gasteiger partial charge in [0, 0.05) is 36.3 Å². The Morgan fingerprint density at radius 2 is 1.30 bits per heavy atom. The summed E-state index contributed by atoms with van der Waals surface area (Å²) in [6.07, 6.45) is 8.85. The van der Waals surface area contributed by atoms with E-state index in [0.717, 1.165) is 60.5 Å². The van der Waals surface area contributed by atoms with E-state index in [1.807, 2.05) is 22.1 Å². The molecule has 408 valence electrons. The summed E-state index contributed by atoms with van der Waals surface area (Å²) >= 11 is 1.53. The summed E-state index contributed by atoms with van der Waals surface area (Å²) < 4.78 is 23.7. The fraction of sp³-hybridized carbons (Fsp3) is 0.660. The molecule has 9 N–H and O–H groups in total. The molecule has 2 fully saturated rings. The van der Waals surface area contributed by atoms with Crippen LogP contribution in [0.25, 0.3) is 6.08 Å². The largest absolute Gasteiger partial charge is 2.00 e. The fourth-order valence-electron chi connectivity index (χ4n) is 8.70. The zero-order valence-corrected chi connectivity index (χ0v) is 44.9. The maximum atomic E-state index is 12.6. The number of carboxylic acid groups (broad SMARTS) is 2. The molecule has 0 bridgehead atoms. The van der Waals surface area contributed by atoms with E-state index in [2.05, 4.69) is 18.8 Å². The molecule has 0 unspecified atom stereocenters. The Morgan fingerprint density at radius 3 is 1.84 bits per heavy atom. The minimum Gasteiger partial charge on any atom is -1.00 e. The van der Waals surface area contributed by atoms with Gasteiger partial charge >= 0.3 is 41.0 Å². The normalized spacial score (nSPS) is 24.0. The second-order valence-electron chi connectivity index (χ2n) is 18.7. The van der Waals surface area contributed by atoms with Crippen molar-refractivity contribution in [3.63, 3.8) is 0 Å². The van der Waals surface area contributed by atoms with Gasteiger partial charge in [-0.25, -0.2) is 14.6 Å². The minimum atomic E-state index is -1.77. The Morgan fingerprint density at radius 1 is 0.726 bits per heavy atom. The number of aromatic nitrogens is 2. The van der Waals surface area contributed by atoms with Crippen molar-refractivity contribution >= 4 is 58.4 Å². The number of carbonyl (C=O) groups is 3. The molecule has 0 amide bonds. The number of nitrogens with zero attached hydrogens (tertiary/aromatic N) is 2. The van der Waals surface area contributed by atoms with Crippen molar-refractivity contribution in [3.8, 4) is 0 Å². The second kappa shape index (κ2) is 35.1. The molecule has 20 heteroatoms. The number of aryl methyl sites for hydroxylation is 1. The van der Waals surface area contributed by atoms with Gasteiger partial charge in [-0.2, -0.15) is 0 Å². The van der Waals surface area contributed by atoms with Crippen molar-refractivity contribution in [1.29, 1.82) is 0 Å². The van der Waals surface area contributed by atoms with E-state index in [9.17, 15) is 55.2 Å². The average molecular weight is 1060 g/mol. The third kappa shape index (κ3) is 21.3. The summed E-state index contributed by atoms with van der Waals surface area (Å²) in [5, 5.41) is 91.0. The number of ether oxygens (including phenoxy) is 4. The first-order valence-electron chi connectivity index (χ1n) is 25.8. The number of esters is 1. The number of unbranched alkanes of at least 4 members (excludes halogenated alkanes) is 15. The van der Waals surface area contributed by atoms with Crippen molar-refractivity contribution < 1.29 is 82.1 Å². The number of hydrogen-bond acceptors (Lipinski definition) is 16. The fourth-order valence-corrected chi connectivity index (χ4v) is 9.42. The Labute approximate surface area is 452 Å². The first-order valence-corrected chi connectivity index (χ1v) is 26.7. The predicted molar refractivity (Wildman–Crippen MR) is 277 cm³/mol. The first kappa shape index (κ1) is 63.9. The molecule has 1 aromatic carbocycles. The van der Waals surface area contributed by atoms with Gasteiger partial charge in [-0.05, 0) is 48.1 Å². The average Bonchev–Trinajstić information content (AvgIpc) is 4.03. The van der Waals surface area contributed by atoms with Crippen LogP contribution in [0.15, 0.2) is 53.5 Å². The number of imidazole rings is 1. The summed E-state index contributed by atoms with van der Waals surface area (Å²) in [7, 11) is 0. The quantitative estimate of drug-likeness (QED) is 0.0154. The maximum Gasteiger partial charge on any atom is 2.00 e. The number of aromatic carboxylic acids is 1. The molecule has 5 rings (SSSR count). The van der Waals surface area contributed by atoms with Crippen molar-refractivity contribution in [1.82, 2.24) is 9.55 Å². The number of carboxylic acids is 2. The molecule has 2 saturated heterocycles. The van der Waals surface area contributed by atoms with Gasteiger partial charge in [-0.1, -0.05) is 128 Å². The molecule has 3 aromatic rings. The Kier molecular flexibility index (Phi) is 30.7. The molecular weight excluding hydrogens is 977 g/mol. The number of thiophene rings is 1. The van der Waals surface area contributed by atoms with Crippen LogP contribution in [0.1, 0.15) is 165 Å². The number of benzene rings is 1. The zero-order chi connectivity index (χ0) is 52.4. The van der Waals surface area contributed by atoms with Crippen LogP contribution in [0.2, 0.25) is 0 Å². The van der Waals surface area contributed by atoms with E-state index in [4.69, 9.17) is 24.1 Å². The number of aliphatic carboxylic acids is 1. The van der Waals surface area contributed by atoms with E-state index in [1.165, 1.54) is 82.0 Å². The van der Waals surface area contributed by atoms with Gasteiger partial charge in [0.25, 0.3) is 0 Å². The van der Waals surface area contributed by atoms with Crippen LogP contribution in [0.4, 0.5) is 0 Å². The summed E-state index contributed by atoms with van der Waals surface area (Å²) in [4.78, 5) is 41.1. The van der Waals surface area contributed by atoms with E-state index in [0.29, 0.717) is 25.0 Å². The molecule has 0 saturated carbocycles. The maximum absolute atomic E-state index is 12.6. The SMILES string of the molecule is CCCCCCCCCCCCCCCCCC(=O)O[C@H]1[C@H](O[C@H]2[C@H](O)[C@@H](O)[C@H](O)O[C@@H]2CO)O[C@H](CO)[C@H](O)[C@@H]1O.CCCCc1ncc(/C=C(\Cc2cccs2)C(=O)O)n1Cc1ccc(C(=O)O)cc1.[H-].[H-].[Mg+2]. The standard InChI is InChI=1S/C30H56O12.C23H24N2O4S.Mg.2H/c1-2-3-4-5-6-7-8-9-10-11-12-13-14-15-16-17-22(33)41-28-24(35)23(34)20(18-31)40-30(28)42-27-21(19-32)39-29(38)26(37)25(27)36;1-2-3-6-21-24-14-19(12-18(23(28)29)13-20-5-4-11-30-20)25(21)15-16-7-9-17(10-8-16)22(26)27;;;/h20-21,23-32,34-38H,2-19H2,1H3;4-5,7-12,14H,2-3,6,13,15H2,1H3,(H,26,27)(H,28,29);;;/q;;+2;2*-1/b;18-12+;;;/t20-,21-,23+,24+,25-,26-,27-,28-,29-,30+;;;;/m1..../s1. The molecule has 0 aliphatic carbocycles. The van der Waals surface area contributed by atoms with Crippen molar-refractivity contribution in [3.05, 3.63) is 81.1 Å². The summed E-state index contributed by atoms with van der Waals surface area (Å²) in [6.45, 7) is 3.46. The monoisotopic (exact) mass is 1060 g/mol. The number of aliphatic hydroxyl groups is 7. The van der Waals surface area contributed by atoms with Gasteiger partial charge in [-0.3, -0.25) is 4.79 Å². The number of aliphatic hydroxyl groups excluding tert-OH is 7. The van der Waals surface area contributed by atoms with E-state index < -0.39 is 92.5 Å². The topological polar surface area (TPSA) is 288 Å². The van der Waals surface area contributed by atoms with Crippen molar-refractivity contribution in [2.45, 2.75) is 210 Å². The van der Waals surface area contributed by atoms with E-state index in [-0.39, 0.29) is 37.9 Å². The van der Waals surface area contributed by atoms with Gasteiger partial charge < -0.3 is 72.3 Å². The predicted octanol–water partition coefficient (Wildman–Crippen LogP) is 6.00. The molecule has 4 heterocycles. The Balaban J connectivity index is 0.000000755. The van der Waals surface area contributed by atoms with Gasteiger partial charge in [0.1, 0.15) is 48.6 Å². The first-order chi connectivity index (χ1) is 34.7. The van der Waals surface area contributed by atoms with Crippen LogP contribution in [0.3, 0.4) is 0 Å². The zero-order valence-electron chi connectivity index (χ0n) is 44.6. The molecule has 10 atom stereocenters. The van der Waals surface area contributed by atoms with Gasteiger partial charge in [-0.15, -0.1) is 11.3 Å². The summed E-state index contributed by atoms with van der Waals surface area (Å²) in [6, 6.07) is 10.6. The van der Waals surface area contributed by atoms with Crippen LogP contribution in [0, 0.1) is 0 Å². The van der Waals surface area contributed by atoms with Crippen molar-refractivity contribution in [2.75, 3.05) is 13.2 Å². The summed E-state index contributed by atoms with van der Waals surface area (Å²) in [5.41, 5.74) is 2.21. The van der Waals surface area contributed by atoms with Gasteiger partial charge in [0.15, 0.2) is 18.7 Å². The van der Waals surface area contributed by atoms with Crippen LogP contribution in [-0.4, -0.2) is 171 Å². The summed E-state index contributed by atoms with van der Waals surface area (Å²) in [5.74, 6) is -1.66. The molecule has 2 aromatic heterocycles. The second-order valence-corrected chi connectivity index (χ2v) is 19.7. The molecule has 0 spiro atoms. The minimum absolute atomic E-state index is 0. The number of carbonyl (C=O) groups excluding carboxylic acids is 1.